The Labute approximate surface area is 131 Å². The second kappa shape index (κ2) is 7.75. The molecule has 0 aliphatic carbocycles. The molecule has 0 saturated carbocycles. The maximum Gasteiger partial charge on any atom is 0.323 e. The minimum absolute atomic E-state index is 0.204. The second-order valence-electron chi connectivity index (χ2n) is 5.62. The third-order valence-electron chi connectivity index (χ3n) is 3.33. The van der Waals surface area contributed by atoms with E-state index in [0.29, 0.717) is 6.42 Å². The fourth-order valence-corrected chi connectivity index (χ4v) is 2.36. The topological polar surface area (TPSA) is 56.2 Å². The van der Waals surface area contributed by atoms with Gasteiger partial charge in [0.2, 0.25) is 0 Å². The Morgan fingerprint density at radius 1 is 1.32 bits per heavy atom. The van der Waals surface area contributed by atoms with E-state index >= 15 is 0 Å². The minimum atomic E-state index is -0.370. The number of imidazole rings is 1. The highest BCUT2D eigenvalue weighted by Gasteiger charge is 2.21. The fraction of sp³-hybridized carbons (Fsp3) is 0.412. The molecule has 0 saturated heterocycles. The van der Waals surface area contributed by atoms with Crippen molar-refractivity contribution < 1.29 is 9.53 Å². The molecule has 0 bridgehead atoms. The number of carbonyl (C=O) groups is 1. The Bertz CT molecular complexity index is 593. The van der Waals surface area contributed by atoms with E-state index in [-0.39, 0.29) is 18.1 Å². The van der Waals surface area contributed by atoms with Gasteiger partial charge in [0.25, 0.3) is 0 Å². The van der Waals surface area contributed by atoms with Crippen LogP contribution >= 0.6 is 0 Å². The molecule has 22 heavy (non-hydrogen) atoms. The number of ether oxygens (including phenoxy) is 1. The molecule has 2 aromatic rings. The van der Waals surface area contributed by atoms with Crippen LogP contribution in [-0.4, -0.2) is 34.7 Å². The molecule has 118 valence electrons. The summed E-state index contributed by atoms with van der Waals surface area (Å²) in [6.45, 7) is 4.78. The van der Waals surface area contributed by atoms with Crippen molar-refractivity contribution in [2.45, 2.75) is 38.9 Å². The Hall–Kier alpha value is -2.14. The van der Waals surface area contributed by atoms with Crippen LogP contribution in [0.1, 0.15) is 25.1 Å². The normalized spacial score (nSPS) is 12.4. The first-order valence-corrected chi connectivity index (χ1v) is 7.47. The lowest BCUT2D eigenvalue weighted by Crippen LogP contribution is -2.43. The third-order valence-corrected chi connectivity index (χ3v) is 3.33. The molecule has 0 spiro atoms. The zero-order chi connectivity index (χ0) is 15.9. The van der Waals surface area contributed by atoms with Crippen LogP contribution in [0.25, 0.3) is 0 Å². The van der Waals surface area contributed by atoms with Gasteiger partial charge in [-0.2, -0.15) is 0 Å². The predicted octanol–water partition coefficient (Wildman–Crippen LogP) is 2.01. The average Bonchev–Trinajstić information content (AvgIpc) is 2.93. The fourth-order valence-electron chi connectivity index (χ4n) is 2.36. The SMILES string of the molecule is COC(=O)[C@H](Cc1cn(Cc2ccccc2)cn1)NC(C)C. The summed E-state index contributed by atoms with van der Waals surface area (Å²) in [6, 6.07) is 10.0. The average molecular weight is 301 g/mol. The summed E-state index contributed by atoms with van der Waals surface area (Å²) in [5.41, 5.74) is 2.09. The van der Waals surface area contributed by atoms with Crippen molar-refractivity contribution in [3.05, 3.63) is 54.1 Å². The van der Waals surface area contributed by atoms with E-state index in [1.807, 2.05) is 42.8 Å². The summed E-state index contributed by atoms with van der Waals surface area (Å²) in [5, 5.41) is 3.21. The van der Waals surface area contributed by atoms with E-state index in [1.54, 1.807) is 6.33 Å². The molecule has 1 atom stereocenters. The molecule has 0 radical (unpaired) electrons. The van der Waals surface area contributed by atoms with Gasteiger partial charge in [-0.15, -0.1) is 0 Å². The van der Waals surface area contributed by atoms with E-state index in [2.05, 4.69) is 22.4 Å². The van der Waals surface area contributed by atoms with Crippen molar-refractivity contribution in [1.29, 1.82) is 0 Å². The van der Waals surface area contributed by atoms with Crippen LogP contribution in [0, 0.1) is 0 Å². The molecule has 1 N–H and O–H groups in total. The van der Waals surface area contributed by atoms with Crippen LogP contribution in [0.4, 0.5) is 0 Å². The number of benzene rings is 1. The predicted molar refractivity (Wildman–Crippen MR) is 85.6 cm³/mol. The molecule has 5 nitrogen and oxygen atoms in total. The van der Waals surface area contributed by atoms with Crippen molar-refractivity contribution >= 4 is 5.97 Å². The van der Waals surface area contributed by atoms with Crippen LogP contribution in [0.3, 0.4) is 0 Å². The third kappa shape index (κ3) is 4.70. The maximum atomic E-state index is 11.8. The molecule has 5 heteroatoms. The number of hydrogen-bond acceptors (Lipinski definition) is 4. The lowest BCUT2D eigenvalue weighted by molar-refractivity contribution is -0.143. The monoisotopic (exact) mass is 301 g/mol. The zero-order valence-electron chi connectivity index (χ0n) is 13.3. The smallest absolute Gasteiger partial charge is 0.323 e. The molecule has 1 heterocycles. The highest BCUT2D eigenvalue weighted by Crippen LogP contribution is 2.07. The minimum Gasteiger partial charge on any atom is -0.468 e. The molecule has 0 unspecified atom stereocenters. The van der Waals surface area contributed by atoms with Crippen molar-refractivity contribution in [3.63, 3.8) is 0 Å². The largest absolute Gasteiger partial charge is 0.468 e. The summed E-state index contributed by atoms with van der Waals surface area (Å²) >= 11 is 0. The van der Waals surface area contributed by atoms with Gasteiger partial charge in [0.15, 0.2) is 0 Å². The quantitative estimate of drug-likeness (QED) is 0.795. The number of rotatable bonds is 7. The molecular formula is C17H23N3O2. The molecule has 2 rings (SSSR count). The van der Waals surface area contributed by atoms with E-state index in [9.17, 15) is 4.79 Å². The van der Waals surface area contributed by atoms with Gasteiger partial charge in [0.05, 0.1) is 19.1 Å². The number of nitrogens with one attached hydrogen (secondary N) is 1. The number of methoxy groups -OCH3 is 1. The Morgan fingerprint density at radius 2 is 2.05 bits per heavy atom. The summed E-state index contributed by atoms with van der Waals surface area (Å²) in [4.78, 5) is 16.2. The summed E-state index contributed by atoms with van der Waals surface area (Å²) in [7, 11) is 1.41. The van der Waals surface area contributed by atoms with Crippen molar-refractivity contribution in [1.82, 2.24) is 14.9 Å². The summed E-state index contributed by atoms with van der Waals surface area (Å²) in [5.74, 6) is -0.258. The first-order chi connectivity index (χ1) is 10.6. The van der Waals surface area contributed by atoms with Crippen LogP contribution in [0.2, 0.25) is 0 Å². The highest BCUT2D eigenvalue weighted by atomic mass is 16.5. The number of carbonyl (C=O) groups excluding carboxylic acids is 1. The Kier molecular flexibility index (Phi) is 5.72. The van der Waals surface area contributed by atoms with Gasteiger partial charge in [-0.05, 0) is 5.56 Å². The standard InChI is InChI=1S/C17H23N3O2/c1-13(2)19-16(17(21)22-3)9-15-11-20(12-18-15)10-14-7-5-4-6-8-14/h4-8,11-13,16,19H,9-10H2,1-3H3/t16-/m0/s1. The first kappa shape index (κ1) is 16.2. The van der Waals surface area contributed by atoms with Crippen molar-refractivity contribution in [2.24, 2.45) is 0 Å². The molecule has 0 amide bonds. The van der Waals surface area contributed by atoms with Crippen LogP contribution in [0.15, 0.2) is 42.9 Å². The Balaban J connectivity index is 2.02. The first-order valence-electron chi connectivity index (χ1n) is 7.47. The lowest BCUT2D eigenvalue weighted by atomic mass is 10.1. The van der Waals surface area contributed by atoms with Gasteiger partial charge in [0.1, 0.15) is 6.04 Å². The summed E-state index contributed by atoms with van der Waals surface area (Å²) in [6.07, 6.45) is 4.30. The van der Waals surface area contributed by atoms with Gasteiger partial charge in [0, 0.05) is 25.2 Å². The van der Waals surface area contributed by atoms with Crippen LogP contribution in [-0.2, 0) is 22.5 Å². The van der Waals surface area contributed by atoms with Gasteiger partial charge in [-0.25, -0.2) is 4.98 Å². The molecular weight excluding hydrogens is 278 g/mol. The molecule has 0 fully saturated rings. The molecule has 0 aliphatic rings. The van der Waals surface area contributed by atoms with Gasteiger partial charge >= 0.3 is 5.97 Å². The van der Waals surface area contributed by atoms with E-state index in [1.165, 1.54) is 12.7 Å². The van der Waals surface area contributed by atoms with Gasteiger partial charge < -0.3 is 14.6 Å². The van der Waals surface area contributed by atoms with E-state index < -0.39 is 0 Å². The molecule has 0 aliphatic heterocycles. The second-order valence-corrected chi connectivity index (χ2v) is 5.62. The zero-order valence-corrected chi connectivity index (χ0v) is 13.3. The number of esters is 1. The van der Waals surface area contributed by atoms with Crippen molar-refractivity contribution in [2.75, 3.05) is 7.11 Å². The number of hydrogen-bond donors (Lipinski definition) is 1. The van der Waals surface area contributed by atoms with E-state index in [0.717, 1.165) is 12.2 Å². The maximum absolute atomic E-state index is 11.8. The molecule has 1 aromatic heterocycles. The number of nitrogens with zero attached hydrogens (tertiary/aromatic N) is 2. The highest BCUT2D eigenvalue weighted by molar-refractivity contribution is 5.76. The van der Waals surface area contributed by atoms with Gasteiger partial charge in [-0.3, -0.25) is 4.79 Å². The van der Waals surface area contributed by atoms with Crippen LogP contribution < -0.4 is 5.32 Å². The summed E-state index contributed by atoms with van der Waals surface area (Å²) < 4.78 is 6.87. The van der Waals surface area contributed by atoms with Crippen molar-refractivity contribution in [3.8, 4) is 0 Å². The number of aromatic nitrogens is 2. The van der Waals surface area contributed by atoms with Crippen LogP contribution in [0.5, 0.6) is 0 Å². The lowest BCUT2D eigenvalue weighted by Gasteiger charge is -2.17. The Morgan fingerprint density at radius 3 is 2.68 bits per heavy atom. The van der Waals surface area contributed by atoms with E-state index in [4.69, 9.17) is 4.74 Å². The molecule has 1 aromatic carbocycles. The van der Waals surface area contributed by atoms with Gasteiger partial charge in [-0.1, -0.05) is 44.2 Å².